The molecule has 0 amide bonds. The highest BCUT2D eigenvalue weighted by Crippen LogP contribution is 2.38. The van der Waals surface area contributed by atoms with Crippen LogP contribution in [0.2, 0.25) is 5.02 Å². The van der Waals surface area contributed by atoms with Gasteiger partial charge in [0.1, 0.15) is 5.75 Å². The Morgan fingerprint density at radius 3 is 2.70 bits per heavy atom. The fourth-order valence-electron chi connectivity index (χ4n) is 4.16. The Balaban J connectivity index is 1.60. The third-order valence-electron chi connectivity index (χ3n) is 5.34. The zero-order valence-corrected chi connectivity index (χ0v) is 14.9. The molecule has 4 rings (SSSR count). The van der Waals surface area contributed by atoms with Crippen molar-refractivity contribution in [3.05, 3.63) is 23.2 Å². The number of halogens is 1. The molecule has 1 aromatic carbocycles. The molecule has 126 valence electrons. The summed E-state index contributed by atoms with van der Waals surface area (Å²) in [4.78, 5) is 2.58. The summed E-state index contributed by atoms with van der Waals surface area (Å²) in [6.45, 7) is 5.63. The van der Waals surface area contributed by atoms with Crippen LogP contribution >= 0.6 is 11.6 Å². The maximum absolute atomic E-state index is 6.50. The average molecular weight is 335 g/mol. The van der Waals surface area contributed by atoms with E-state index >= 15 is 0 Å². The second-order valence-corrected chi connectivity index (χ2v) is 8.45. The third-order valence-corrected chi connectivity index (χ3v) is 5.63. The van der Waals surface area contributed by atoms with Gasteiger partial charge in [-0.1, -0.05) is 24.4 Å². The minimum Gasteiger partial charge on any atom is -0.489 e. The van der Waals surface area contributed by atoms with Gasteiger partial charge in [-0.05, 0) is 57.7 Å². The van der Waals surface area contributed by atoms with E-state index in [4.69, 9.17) is 16.3 Å². The molecule has 2 saturated carbocycles. The van der Waals surface area contributed by atoms with Crippen LogP contribution in [0.25, 0.3) is 0 Å². The minimum absolute atomic E-state index is 0.133. The summed E-state index contributed by atoms with van der Waals surface area (Å²) in [7, 11) is 0. The van der Waals surface area contributed by atoms with Crippen LogP contribution in [0.15, 0.2) is 18.2 Å². The lowest BCUT2D eigenvalue weighted by atomic mass is 9.83. The molecule has 0 bridgehead atoms. The number of nitrogens with one attached hydrogen (secondary N) is 1. The summed E-state index contributed by atoms with van der Waals surface area (Å²) in [5.41, 5.74) is 1.37. The van der Waals surface area contributed by atoms with Crippen LogP contribution in [0.1, 0.15) is 52.4 Å². The Hall–Kier alpha value is -0.930. The van der Waals surface area contributed by atoms with Crippen molar-refractivity contribution >= 4 is 17.3 Å². The number of rotatable bonds is 3. The van der Waals surface area contributed by atoms with Crippen LogP contribution in [-0.2, 0) is 0 Å². The molecule has 1 saturated heterocycles. The Bertz CT molecular complexity index is 585. The van der Waals surface area contributed by atoms with Crippen molar-refractivity contribution in [2.45, 2.75) is 76.1 Å². The average Bonchev–Trinajstić information content (AvgIpc) is 3.31. The molecule has 1 N–H and O–H groups in total. The Morgan fingerprint density at radius 2 is 1.96 bits per heavy atom. The standard InChI is InChI=1S/C19H27ClN2O/c1-19(2)12-22(17-6-4-3-5-16(17)21-19)13-7-10-18(15(20)11-13)23-14-8-9-14/h7,10-11,14,16-17,21H,3-6,8-9,12H2,1-2H3/t16-,17-/m1/s1. The monoisotopic (exact) mass is 334 g/mol. The first-order chi connectivity index (χ1) is 11.0. The van der Waals surface area contributed by atoms with Gasteiger partial charge in [0.25, 0.3) is 0 Å². The van der Waals surface area contributed by atoms with Crippen molar-refractivity contribution in [2.75, 3.05) is 11.4 Å². The molecule has 1 aromatic rings. The molecule has 1 aliphatic heterocycles. The molecule has 0 radical (unpaired) electrons. The summed E-state index contributed by atoms with van der Waals surface area (Å²) >= 11 is 6.50. The van der Waals surface area contributed by atoms with E-state index in [1.54, 1.807) is 0 Å². The number of anilines is 1. The van der Waals surface area contributed by atoms with Crippen LogP contribution in [0.3, 0.4) is 0 Å². The van der Waals surface area contributed by atoms with Crippen molar-refractivity contribution in [1.29, 1.82) is 0 Å². The van der Waals surface area contributed by atoms with Gasteiger partial charge >= 0.3 is 0 Å². The van der Waals surface area contributed by atoms with E-state index in [2.05, 4.69) is 42.3 Å². The van der Waals surface area contributed by atoms with Gasteiger partial charge in [0.2, 0.25) is 0 Å². The summed E-state index contributed by atoms with van der Waals surface area (Å²) in [6, 6.07) is 7.53. The summed E-state index contributed by atoms with van der Waals surface area (Å²) in [5, 5.41) is 4.60. The molecule has 3 fully saturated rings. The van der Waals surface area contributed by atoms with E-state index < -0.39 is 0 Å². The lowest BCUT2D eigenvalue weighted by Gasteiger charge is -2.52. The van der Waals surface area contributed by atoms with E-state index in [1.807, 2.05) is 0 Å². The Kier molecular flexibility index (Phi) is 3.97. The van der Waals surface area contributed by atoms with Crippen LogP contribution in [-0.4, -0.2) is 30.3 Å². The van der Waals surface area contributed by atoms with Gasteiger partial charge in [-0.3, -0.25) is 0 Å². The molecule has 2 aliphatic carbocycles. The molecule has 23 heavy (non-hydrogen) atoms. The molecular formula is C19H27ClN2O. The van der Waals surface area contributed by atoms with Gasteiger partial charge in [-0.15, -0.1) is 0 Å². The number of benzene rings is 1. The first-order valence-corrected chi connectivity index (χ1v) is 9.40. The van der Waals surface area contributed by atoms with Gasteiger partial charge in [-0.2, -0.15) is 0 Å². The SMILES string of the molecule is CC1(C)CN(c2ccc(OC3CC3)c(Cl)c2)[C@@H]2CCCC[C@H]2N1. The van der Waals surface area contributed by atoms with Crippen molar-refractivity contribution < 1.29 is 4.74 Å². The van der Waals surface area contributed by atoms with Crippen molar-refractivity contribution in [2.24, 2.45) is 0 Å². The summed E-state index contributed by atoms with van der Waals surface area (Å²) in [6.07, 6.45) is 7.93. The van der Waals surface area contributed by atoms with Crippen molar-refractivity contribution in [3.8, 4) is 5.75 Å². The van der Waals surface area contributed by atoms with Crippen LogP contribution in [0.4, 0.5) is 5.69 Å². The minimum atomic E-state index is 0.133. The molecule has 0 unspecified atom stereocenters. The molecule has 0 aromatic heterocycles. The van der Waals surface area contributed by atoms with Gasteiger partial charge in [0.15, 0.2) is 0 Å². The maximum Gasteiger partial charge on any atom is 0.138 e. The Morgan fingerprint density at radius 1 is 1.17 bits per heavy atom. The van der Waals surface area contributed by atoms with Gasteiger partial charge in [0.05, 0.1) is 11.1 Å². The molecular weight excluding hydrogens is 308 g/mol. The number of ether oxygens (including phenoxy) is 1. The number of nitrogens with zero attached hydrogens (tertiary/aromatic N) is 1. The summed E-state index contributed by atoms with van der Waals surface area (Å²) < 4.78 is 5.88. The lowest BCUT2D eigenvalue weighted by Crippen LogP contribution is -2.67. The summed E-state index contributed by atoms with van der Waals surface area (Å²) in [5.74, 6) is 0.840. The largest absolute Gasteiger partial charge is 0.489 e. The molecule has 3 aliphatic rings. The van der Waals surface area contributed by atoms with Gasteiger partial charge in [-0.25, -0.2) is 0 Å². The number of hydrogen-bond acceptors (Lipinski definition) is 3. The number of piperazine rings is 1. The smallest absolute Gasteiger partial charge is 0.138 e. The fraction of sp³-hybridized carbons (Fsp3) is 0.684. The van der Waals surface area contributed by atoms with Crippen LogP contribution < -0.4 is 15.0 Å². The third kappa shape index (κ3) is 3.32. The molecule has 3 nitrogen and oxygen atoms in total. The number of hydrogen-bond donors (Lipinski definition) is 1. The van der Waals surface area contributed by atoms with Gasteiger partial charge < -0.3 is 15.0 Å². The molecule has 0 spiro atoms. The van der Waals surface area contributed by atoms with Crippen molar-refractivity contribution in [1.82, 2.24) is 5.32 Å². The van der Waals surface area contributed by atoms with Gasteiger partial charge in [0, 0.05) is 29.9 Å². The quantitative estimate of drug-likeness (QED) is 0.887. The van der Waals surface area contributed by atoms with E-state index in [1.165, 1.54) is 31.4 Å². The predicted octanol–water partition coefficient (Wildman–Crippen LogP) is 4.38. The zero-order chi connectivity index (χ0) is 16.0. The fourth-order valence-corrected chi connectivity index (χ4v) is 4.37. The van der Waals surface area contributed by atoms with Crippen LogP contribution in [0, 0.1) is 0 Å². The molecule has 2 atom stereocenters. The van der Waals surface area contributed by atoms with E-state index in [9.17, 15) is 0 Å². The van der Waals surface area contributed by atoms with Crippen LogP contribution in [0.5, 0.6) is 5.75 Å². The highest BCUT2D eigenvalue weighted by molar-refractivity contribution is 6.32. The topological polar surface area (TPSA) is 24.5 Å². The number of fused-ring (bicyclic) bond motifs is 1. The highest BCUT2D eigenvalue weighted by atomic mass is 35.5. The zero-order valence-electron chi connectivity index (χ0n) is 14.1. The molecule has 1 heterocycles. The second kappa shape index (κ2) is 5.86. The Labute approximate surface area is 144 Å². The second-order valence-electron chi connectivity index (χ2n) is 8.05. The van der Waals surface area contributed by atoms with E-state index in [-0.39, 0.29) is 5.54 Å². The first kappa shape index (κ1) is 15.6. The normalized spacial score (nSPS) is 30.0. The lowest BCUT2D eigenvalue weighted by molar-refractivity contribution is 0.199. The first-order valence-electron chi connectivity index (χ1n) is 9.02. The maximum atomic E-state index is 6.50. The van der Waals surface area contributed by atoms with E-state index in [0.717, 1.165) is 30.2 Å². The van der Waals surface area contributed by atoms with E-state index in [0.29, 0.717) is 18.2 Å². The predicted molar refractivity (Wildman–Crippen MR) is 95.7 cm³/mol. The van der Waals surface area contributed by atoms with Crippen molar-refractivity contribution in [3.63, 3.8) is 0 Å². The molecule has 4 heteroatoms. The highest BCUT2D eigenvalue weighted by Gasteiger charge is 2.40.